The highest BCUT2D eigenvalue weighted by Gasteiger charge is 2.28. The van der Waals surface area contributed by atoms with E-state index < -0.39 is 0 Å². The molecule has 5 nitrogen and oxygen atoms in total. The van der Waals surface area contributed by atoms with E-state index in [-0.39, 0.29) is 11.7 Å². The van der Waals surface area contributed by atoms with Gasteiger partial charge in [0.1, 0.15) is 17.5 Å². The minimum absolute atomic E-state index is 0.0443. The molecule has 0 N–H and O–H groups in total. The number of hydrogen-bond donors (Lipinski definition) is 0. The molecule has 1 saturated carbocycles. The van der Waals surface area contributed by atoms with Gasteiger partial charge in [-0.05, 0) is 44.0 Å². The Kier molecular flexibility index (Phi) is 4.11. The van der Waals surface area contributed by atoms with E-state index in [1.807, 2.05) is 17.9 Å². The minimum atomic E-state index is -0.327. The fraction of sp³-hybridized carbons (Fsp3) is 0.421. The molecule has 25 heavy (non-hydrogen) atoms. The number of rotatable bonds is 3. The van der Waals surface area contributed by atoms with Gasteiger partial charge >= 0.3 is 0 Å². The molecule has 0 bridgehead atoms. The summed E-state index contributed by atoms with van der Waals surface area (Å²) in [7, 11) is 0. The van der Waals surface area contributed by atoms with Crippen LogP contribution in [0.25, 0.3) is 0 Å². The summed E-state index contributed by atoms with van der Waals surface area (Å²) < 4.78 is 13.0. The van der Waals surface area contributed by atoms with Crippen LogP contribution in [0.2, 0.25) is 0 Å². The summed E-state index contributed by atoms with van der Waals surface area (Å²) >= 11 is 0. The molecule has 2 aromatic rings. The highest BCUT2D eigenvalue weighted by atomic mass is 19.1. The van der Waals surface area contributed by atoms with Crippen LogP contribution in [0.5, 0.6) is 0 Å². The van der Waals surface area contributed by atoms with E-state index in [4.69, 9.17) is 4.98 Å². The van der Waals surface area contributed by atoms with Crippen LogP contribution in [0.1, 0.15) is 40.6 Å². The zero-order valence-corrected chi connectivity index (χ0v) is 14.3. The number of aryl methyl sites for hydroxylation is 1. The second-order valence-electron chi connectivity index (χ2n) is 6.79. The zero-order chi connectivity index (χ0) is 17.4. The first-order valence-electron chi connectivity index (χ1n) is 8.75. The number of benzene rings is 1. The van der Waals surface area contributed by atoms with E-state index in [2.05, 4.69) is 9.88 Å². The Hall–Kier alpha value is -2.50. The minimum Gasteiger partial charge on any atom is -0.353 e. The highest BCUT2D eigenvalue weighted by molar-refractivity contribution is 5.94. The number of hydrogen-bond acceptors (Lipinski definition) is 4. The maximum absolute atomic E-state index is 13.0. The molecule has 2 fully saturated rings. The average molecular weight is 340 g/mol. The Labute approximate surface area is 146 Å². The quantitative estimate of drug-likeness (QED) is 0.862. The van der Waals surface area contributed by atoms with Crippen molar-refractivity contribution in [1.29, 1.82) is 0 Å². The van der Waals surface area contributed by atoms with E-state index in [0.717, 1.165) is 30.4 Å². The van der Waals surface area contributed by atoms with Crippen LogP contribution in [-0.2, 0) is 0 Å². The molecular formula is C19H21FN4O. The Balaban J connectivity index is 1.43. The lowest BCUT2D eigenvalue weighted by Crippen LogP contribution is -2.49. The molecule has 1 aliphatic carbocycles. The van der Waals surface area contributed by atoms with E-state index >= 15 is 0 Å². The summed E-state index contributed by atoms with van der Waals surface area (Å²) in [5.74, 6) is 2.08. The molecule has 2 aliphatic rings. The third-order valence-corrected chi connectivity index (χ3v) is 4.78. The van der Waals surface area contributed by atoms with Crippen LogP contribution < -0.4 is 4.90 Å². The van der Waals surface area contributed by atoms with Gasteiger partial charge in [0, 0.05) is 49.4 Å². The summed E-state index contributed by atoms with van der Waals surface area (Å²) in [6.45, 7) is 4.77. The summed E-state index contributed by atoms with van der Waals surface area (Å²) in [6.07, 6.45) is 2.37. The van der Waals surface area contributed by atoms with Crippen LogP contribution in [0.15, 0.2) is 30.3 Å². The van der Waals surface area contributed by atoms with Crippen molar-refractivity contribution < 1.29 is 9.18 Å². The van der Waals surface area contributed by atoms with Gasteiger partial charge in [-0.25, -0.2) is 14.4 Å². The van der Waals surface area contributed by atoms with E-state index in [0.29, 0.717) is 24.6 Å². The maximum Gasteiger partial charge on any atom is 0.253 e. The number of piperazine rings is 1. The van der Waals surface area contributed by atoms with Crippen molar-refractivity contribution in [3.8, 4) is 0 Å². The Bertz CT molecular complexity index is 781. The normalized spacial score (nSPS) is 17.7. The fourth-order valence-electron chi connectivity index (χ4n) is 3.17. The number of aromatic nitrogens is 2. The zero-order valence-electron chi connectivity index (χ0n) is 14.3. The van der Waals surface area contributed by atoms with Crippen molar-refractivity contribution in [2.75, 3.05) is 31.1 Å². The van der Waals surface area contributed by atoms with Gasteiger partial charge in [0.15, 0.2) is 0 Å². The monoisotopic (exact) mass is 340 g/mol. The molecule has 0 spiro atoms. The first kappa shape index (κ1) is 16.0. The lowest BCUT2D eigenvalue weighted by Gasteiger charge is -2.35. The molecule has 1 amide bonds. The first-order chi connectivity index (χ1) is 12.1. The number of anilines is 1. The summed E-state index contributed by atoms with van der Waals surface area (Å²) in [4.78, 5) is 25.8. The van der Waals surface area contributed by atoms with Crippen molar-refractivity contribution in [1.82, 2.24) is 14.9 Å². The van der Waals surface area contributed by atoms with Crippen LogP contribution >= 0.6 is 0 Å². The molecule has 1 aliphatic heterocycles. The largest absolute Gasteiger partial charge is 0.353 e. The Morgan fingerprint density at radius 3 is 2.40 bits per heavy atom. The van der Waals surface area contributed by atoms with Gasteiger partial charge in [-0.1, -0.05) is 0 Å². The number of nitrogens with zero attached hydrogens (tertiary/aromatic N) is 4. The molecule has 2 heterocycles. The second-order valence-corrected chi connectivity index (χ2v) is 6.79. The Morgan fingerprint density at radius 1 is 1.08 bits per heavy atom. The topological polar surface area (TPSA) is 49.3 Å². The fourth-order valence-corrected chi connectivity index (χ4v) is 3.17. The molecule has 1 saturated heterocycles. The van der Waals surface area contributed by atoms with Gasteiger partial charge in [-0.2, -0.15) is 0 Å². The van der Waals surface area contributed by atoms with Crippen LogP contribution in [0.4, 0.5) is 10.2 Å². The van der Waals surface area contributed by atoms with Gasteiger partial charge in [0.05, 0.1) is 0 Å². The summed E-state index contributed by atoms with van der Waals surface area (Å²) in [5, 5.41) is 0. The summed E-state index contributed by atoms with van der Waals surface area (Å²) in [5.41, 5.74) is 1.53. The van der Waals surface area contributed by atoms with Crippen molar-refractivity contribution >= 4 is 11.7 Å². The van der Waals surface area contributed by atoms with Crippen molar-refractivity contribution in [3.63, 3.8) is 0 Å². The van der Waals surface area contributed by atoms with Crippen molar-refractivity contribution in [2.24, 2.45) is 0 Å². The molecule has 0 unspecified atom stereocenters. The lowest BCUT2D eigenvalue weighted by atomic mass is 10.1. The molecule has 130 valence electrons. The van der Waals surface area contributed by atoms with E-state index in [1.165, 1.54) is 25.0 Å². The van der Waals surface area contributed by atoms with Gasteiger partial charge < -0.3 is 9.80 Å². The predicted octanol–water partition coefficient (Wildman–Crippen LogP) is 2.76. The number of amides is 1. The summed E-state index contributed by atoms with van der Waals surface area (Å²) in [6, 6.07) is 7.75. The molecular weight excluding hydrogens is 319 g/mol. The average Bonchev–Trinajstić information content (AvgIpc) is 3.47. The number of halogens is 1. The second kappa shape index (κ2) is 6.43. The van der Waals surface area contributed by atoms with Gasteiger partial charge in [-0.15, -0.1) is 0 Å². The highest BCUT2D eigenvalue weighted by Crippen LogP contribution is 2.38. The SMILES string of the molecule is Cc1cc(N2CCN(C(=O)c3ccc(F)cc3)CC2)nc(C2CC2)n1. The van der Waals surface area contributed by atoms with Gasteiger partial charge in [0.2, 0.25) is 0 Å². The van der Waals surface area contributed by atoms with E-state index in [1.54, 1.807) is 12.1 Å². The van der Waals surface area contributed by atoms with Crippen LogP contribution in [0.3, 0.4) is 0 Å². The van der Waals surface area contributed by atoms with Crippen LogP contribution in [0, 0.1) is 12.7 Å². The van der Waals surface area contributed by atoms with Crippen LogP contribution in [-0.4, -0.2) is 47.0 Å². The maximum atomic E-state index is 13.0. The van der Waals surface area contributed by atoms with Gasteiger partial charge in [0.25, 0.3) is 5.91 Å². The smallest absolute Gasteiger partial charge is 0.253 e. The number of carbonyl (C=O) groups excluding carboxylic acids is 1. The molecule has 0 atom stereocenters. The predicted molar refractivity (Wildman–Crippen MR) is 93.3 cm³/mol. The van der Waals surface area contributed by atoms with Crippen molar-refractivity contribution in [2.45, 2.75) is 25.7 Å². The number of carbonyl (C=O) groups is 1. The van der Waals surface area contributed by atoms with Gasteiger partial charge in [-0.3, -0.25) is 4.79 Å². The Morgan fingerprint density at radius 2 is 1.76 bits per heavy atom. The standard InChI is InChI=1S/C19H21FN4O/c1-13-12-17(22-18(21-13)14-2-3-14)23-8-10-24(11-9-23)19(25)15-4-6-16(20)7-5-15/h4-7,12,14H,2-3,8-11H2,1H3. The molecule has 6 heteroatoms. The third kappa shape index (κ3) is 3.48. The van der Waals surface area contributed by atoms with E-state index in [9.17, 15) is 9.18 Å². The molecule has 4 rings (SSSR count). The first-order valence-corrected chi connectivity index (χ1v) is 8.75. The molecule has 0 radical (unpaired) electrons. The third-order valence-electron chi connectivity index (χ3n) is 4.78. The molecule has 1 aromatic carbocycles. The lowest BCUT2D eigenvalue weighted by molar-refractivity contribution is 0.0746. The molecule has 1 aromatic heterocycles. The van der Waals surface area contributed by atoms with Crippen molar-refractivity contribution in [3.05, 3.63) is 53.2 Å².